The minimum Gasteiger partial charge on any atom is -0.515 e. The number of carbonyl (C=O) groups excluding carboxylic acids is 1. The van der Waals surface area contributed by atoms with Crippen molar-refractivity contribution in [2.24, 2.45) is 11.3 Å². The van der Waals surface area contributed by atoms with Gasteiger partial charge in [0.2, 0.25) is 0 Å². The first-order chi connectivity index (χ1) is 6.04. The third-order valence-corrected chi connectivity index (χ3v) is 3.31. The van der Waals surface area contributed by atoms with Crippen LogP contribution in [0.4, 0.5) is 0 Å². The lowest BCUT2D eigenvalue weighted by atomic mass is 9.65. The molecule has 0 spiro atoms. The van der Waals surface area contributed by atoms with Gasteiger partial charge in [-0.15, -0.1) is 0 Å². The number of hydrogen-bond donors (Lipinski definition) is 1. The lowest BCUT2D eigenvalue weighted by Gasteiger charge is -2.37. The van der Waals surface area contributed by atoms with Gasteiger partial charge in [-0.25, -0.2) is 0 Å². The maximum absolute atomic E-state index is 11.8. The molecule has 1 saturated carbocycles. The summed E-state index contributed by atoms with van der Waals surface area (Å²) in [6.45, 7) is 6.08. The Labute approximate surface area is 79.6 Å². The molecule has 0 aliphatic heterocycles. The van der Waals surface area contributed by atoms with E-state index in [1.54, 1.807) is 0 Å². The number of allylic oxidation sites excluding steroid dienone is 1. The van der Waals surface area contributed by atoms with Crippen LogP contribution in [0.25, 0.3) is 0 Å². The molecule has 1 atom stereocenters. The minimum absolute atomic E-state index is 0.119. The van der Waals surface area contributed by atoms with Gasteiger partial charge in [0.05, 0.1) is 6.26 Å². The van der Waals surface area contributed by atoms with Gasteiger partial charge in [0.15, 0.2) is 5.78 Å². The Bertz CT molecular complexity index is 238. The first-order valence-electron chi connectivity index (χ1n) is 4.92. The summed E-state index contributed by atoms with van der Waals surface area (Å²) in [6, 6.07) is 0. The van der Waals surface area contributed by atoms with Crippen molar-refractivity contribution in [3.05, 3.63) is 11.8 Å². The van der Waals surface area contributed by atoms with Gasteiger partial charge in [0.1, 0.15) is 0 Å². The van der Waals surface area contributed by atoms with Gasteiger partial charge in [-0.3, -0.25) is 4.79 Å². The minimum atomic E-state index is -0.290. The molecule has 1 aliphatic rings. The fourth-order valence-electron chi connectivity index (χ4n) is 2.24. The fraction of sp³-hybridized carbons (Fsp3) is 0.727. The van der Waals surface area contributed by atoms with E-state index in [0.29, 0.717) is 11.5 Å². The Kier molecular flexibility index (Phi) is 2.79. The van der Waals surface area contributed by atoms with E-state index in [0.717, 1.165) is 25.5 Å². The maximum Gasteiger partial charge on any atom is 0.167 e. The number of ketones is 1. The average Bonchev–Trinajstić information content (AvgIpc) is 2.09. The maximum atomic E-state index is 11.8. The van der Waals surface area contributed by atoms with Crippen LogP contribution in [-0.2, 0) is 4.79 Å². The first kappa shape index (κ1) is 10.3. The SMILES string of the molecule is CCC1CCC(=CO)C(=O)C1(C)C. The molecule has 74 valence electrons. The normalized spacial score (nSPS) is 30.8. The topological polar surface area (TPSA) is 37.3 Å². The first-order valence-corrected chi connectivity index (χ1v) is 4.92. The highest BCUT2D eigenvalue weighted by Crippen LogP contribution is 2.41. The molecule has 1 fully saturated rings. The van der Waals surface area contributed by atoms with Crippen LogP contribution in [0.1, 0.15) is 40.0 Å². The van der Waals surface area contributed by atoms with E-state index in [9.17, 15) is 4.79 Å². The van der Waals surface area contributed by atoms with Gasteiger partial charge < -0.3 is 5.11 Å². The van der Waals surface area contributed by atoms with E-state index >= 15 is 0 Å². The van der Waals surface area contributed by atoms with Crippen LogP contribution >= 0.6 is 0 Å². The van der Waals surface area contributed by atoms with Gasteiger partial charge in [-0.05, 0) is 18.8 Å². The van der Waals surface area contributed by atoms with E-state index in [1.807, 2.05) is 13.8 Å². The summed E-state index contributed by atoms with van der Waals surface area (Å²) in [5.74, 6) is 0.580. The number of aliphatic hydroxyl groups is 1. The zero-order valence-electron chi connectivity index (χ0n) is 8.63. The van der Waals surface area contributed by atoms with Crippen molar-refractivity contribution in [2.45, 2.75) is 40.0 Å². The number of Topliss-reactive ketones (excluding diaryl/α,β-unsaturated/α-hetero) is 1. The molecule has 1 rings (SSSR count). The molecular weight excluding hydrogens is 164 g/mol. The molecule has 0 aromatic heterocycles. The Balaban J connectivity index is 2.92. The molecule has 0 heterocycles. The highest BCUT2D eigenvalue weighted by atomic mass is 16.2. The van der Waals surface area contributed by atoms with Crippen LogP contribution in [0.2, 0.25) is 0 Å². The largest absolute Gasteiger partial charge is 0.515 e. The predicted molar refractivity (Wildman–Crippen MR) is 52.5 cm³/mol. The van der Waals surface area contributed by atoms with E-state index < -0.39 is 0 Å². The number of carbonyl (C=O) groups is 1. The Morgan fingerprint density at radius 2 is 2.23 bits per heavy atom. The van der Waals surface area contributed by atoms with Crippen LogP contribution in [0.15, 0.2) is 11.8 Å². The third kappa shape index (κ3) is 1.62. The molecule has 13 heavy (non-hydrogen) atoms. The molecule has 2 heteroatoms. The number of aliphatic hydroxyl groups excluding tert-OH is 1. The van der Waals surface area contributed by atoms with E-state index in [2.05, 4.69) is 6.92 Å². The number of hydrogen-bond acceptors (Lipinski definition) is 2. The standard InChI is InChI=1S/C11H18O2/c1-4-9-6-5-8(7-12)10(13)11(9,2)3/h7,9,12H,4-6H2,1-3H3. The van der Waals surface area contributed by atoms with Gasteiger partial charge in [-0.1, -0.05) is 27.2 Å². The molecule has 1 unspecified atom stereocenters. The molecule has 2 nitrogen and oxygen atoms in total. The molecule has 0 bridgehead atoms. The van der Waals surface area contributed by atoms with Crippen molar-refractivity contribution in [1.29, 1.82) is 0 Å². The summed E-state index contributed by atoms with van der Waals surface area (Å²) < 4.78 is 0. The summed E-state index contributed by atoms with van der Waals surface area (Å²) in [6.07, 6.45) is 3.77. The molecule has 0 amide bonds. The van der Waals surface area contributed by atoms with Gasteiger partial charge in [0.25, 0.3) is 0 Å². The monoisotopic (exact) mass is 182 g/mol. The van der Waals surface area contributed by atoms with Gasteiger partial charge in [0, 0.05) is 11.0 Å². The van der Waals surface area contributed by atoms with Crippen molar-refractivity contribution in [3.63, 3.8) is 0 Å². The van der Waals surface area contributed by atoms with Crippen LogP contribution in [-0.4, -0.2) is 10.9 Å². The second-order valence-electron chi connectivity index (χ2n) is 4.35. The Morgan fingerprint density at radius 1 is 1.62 bits per heavy atom. The molecule has 0 saturated heterocycles. The van der Waals surface area contributed by atoms with Gasteiger partial charge >= 0.3 is 0 Å². The smallest absolute Gasteiger partial charge is 0.167 e. The highest BCUT2D eigenvalue weighted by molar-refractivity contribution is 6.00. The van der Waals surface area contributed by atoms with E-state index in [4.69, 9.17) is 5.11 Å². The van der Waals surface area contributed by atoms with E-state index in [-0.39, 0.29) is 11.2 Å². The van der Waals surface area contributed by atoms with Crippen molar-refractivity contribution in [3.8, 4) is 0 Å². The van der Waals surface area contributed by atoms with Crippen LogP contribution < -0.4 is 0 Å². The van der Waals surface area contributed by atoms with Crippen LogP contribution in [0.5, 0.6) is 0 Å². The number of rotatable bonds is 1. The molecular formula is C11H18O2. The van der Waals surface area contributed by atoms with E-state index in [1.165, 1.54) is 0 Å². The Hall–Kier alpha value is -0.790. The van der Waals surface area contributed by atoms with Crippen LogP contribution in [0, 0.1) is 11.3 Å². The zero-order chi connectivity index (χ0) is 10.1. The quantitative estimate of drug-likeness (QED) is 0.500. The summed E-state index contributed by atoms with van der Waals surface area (Å²) in [4.78, 5) is 11.8. The lowest BCUT2D eigenvalue weighted by molar-refractivity contribution is -0.128. The zero-order valence-corrected chi connectivity index (χ0v) is 8.63. The summed E-state index contributed by atoms with van der Waals surface area (Å²) in [7, 11) is 0. The van der Waals surface area contributed by atoms with Crippen molar-refractivity contribution in [2.75, 3.05) is 0 Å². The average molecular weight is 182 g/mol. The van der Waals surface area contributed by atoms with Crippen molar-refractivity contribution >= 4 is 5.78 Å². The predicted octanol–water partition coefficient (Wildman–Crippen LogP) is 2.84. The summed E-state index contributed by atoms with van der Waals surface area (Å²) in [5, 5.41) is 8.87. The molecule has 0 radical (unpaired) electrons. The third-order valence-electron chi connectivity index (χ3n) is 3.31. The van der Waals surface area contributed by atoms with Crippen molar-refractivity contribution in [1.82, 2.24) is 0 Å². The summed E-state index contributed by atoms with van der Waals surface area (Å²) in [5.41, 5.74) is 0.302. The molecule has 0 aromatic rings. The second kappa shape index (κ2) is 3.52. The second-order valence-corrected chi connectivity index (χ2v) is 4.35. The van der Waals surface area contributed by atoms with Crippen molar-refractivity contribution < 1.29 is 9.90 Å². The van der Waals surface area contributed by atoms with Crippen LogP contribution in [0.3, 0.4) is 0 Å². The summed E-state index contributed by atoms with van der Waals surface area (Å²) >= 11 is 0. The molecule has 0 aromatic carbocycles. The lowest BCUT2D eigenvalue weighted by Crippen LogP contribution is -2.37. The molecule has 1 N–H and O–H groups in total. The molecule has 1 aliphatic carbocycles. The van der Waals surface area contributed by atoms with Gasteiger partial charge in [-0.2, -0.15) is 0 Å². The highest BCUT2D eigenvalue weighted by Gasteiger charge is 2.40. The fourth-order valence-corrected chi connectivity index (χ4v) is 2.24. The Morgan fingerprint density at radius 3 is 2.69 bits per heavy atom.